The summed E-state index contributed by atoms with van der Waals surface area (Å²) in [5.41, 5.74) is 6.85. The van der Waals surface area contributed by atoms with Gasteiger partial charge in [0.05, 0.1) is 30.4 Å². The molecule has 0 fully saturated rings. The third-order valence-corrected chi connectivity index (χ3v) is 8.78. The van der Waals surface area contributed by atoms with Crippen LogP contribution in [0.4, 0.5) is 23.4 Å². The van der Waals surface area contributed by atoms with Gasteiger partial charge in [-0.15, -0.1) is 0 Å². The Kier molecular flexibility index (Phi) is 9.35. The molecule has 3 aromatic heterocycles. The van der Waals surface area contributed by atoms with Gasteiger partial charge in [0.2, 0.25) is 0 Å². The topological polar surface area (TPSA) is 133 Å². The predicted molar refractivity (Wildman–Crippen MR) is 159 cm³/mol. The molecule has 1 amide bonds. The number of amides is 1. The van der Waals surface area contributed by atoms with E-state index in [1.54, 1.807) is 16.8 Å². The van der Waals surface area contributed by atoms with E-state index < -0.39 is 37.8 Å². The molecular formula is C29H33F4N7O3Si. The van der Waals surface area contributed by atoms with Gasteiger partial charge in [0.15, 0.2) is 0 Å². The number of anilines is 1. The molecule has 44 heavy (non-hydrogen) atoms. The smallest absolute Gasteiger partial charge is 0.410 e. The number of carbonyl (C=O) groups excluding carboxylic acids is 1. The Hall–Kier alpha value is -4.42. The Morgan fingerprint density at radius 2 is 1.98 bits per heavy atom. The van der Waals surface area contributed by atoms with Crippen LogP contribution in [0.15, 0.2) is 36.7 Å². The van der Waals surface area contributed by atoms with Crippen LogP contribution in [0.5, 0.6) is 5.75 Å². The number of fused-ring (bicyclic) bond motifs is 1. The lowest BCUT2D eigenvalue weighted by atomic mass is 10.1. The van der Waals surface area contributed by atoms with Gasteiger partial charge in [-0.25, -0.2) is 9.07 Å². The largest absolute Gasteiger partial charge is 0.496 e. The van der Waals surface area contributed by atoms with Crippen LogP contribution in [0.25, 0.3) is 22.2 Å². The van der Waals surface area contributed by atoms with E-state index in [1.807, 2.05) is 6.07 Å². The van der Waals surface area contributed by atoms with Crippen LogP contribution in [0, 0.1) is 17.1 Å². The number of pyridine rings is 1. The maximum absolute atomic E-state index is 13.9. The Bertz CT molecular complexity index is 1720. The summed E-state index contributed by atoms with van der Waals surface area (Å²) in [4.78, 5) is 17.5. The van der Waals surface area contributed by atoms with Crippen LogP contribution >= 0.6 is 0 Å². The molecule has 10 nitrogen and oxygen atoms in total. The zero-order chi connectivity index (χ0) is 32.4. The number of ether oxygens (including phenoxy) is 2. The number of nitrogens with one attached hydrogen (secondary N) is 1. The standard InChI is InChI=1S/C29H33F4N7O3Si/c1-17(29(31,32)33)40-27(35)21(13-34)25(38-40)22-14-36-23(15-37-28(41)20-12-18(30)6-7-24(20)42-2)26-19(22)8-9-39(26)16-43-10-11-44(3,4)5/h6-9,12,14,17H,10-11,15-16,35H2,1-5H3,(H,37,41). The third kappa shape index (κ3) is 6.86. The number of aromatic nitrogens is 4. The first-order valence-electron chi connectivity index (χ1n) is 13.7. The molecule has 1 unspecified atom stereocenters. The van der Waals surface area contributed by atoms with E-state index in [0.29, 0.717) is 27.9 Å². The lowest BCUT2D eigenvalue weighted by molar-refractivity contribution is -0.164. The Morgan fingerprint density at radius 1 is 1.25 bits per heavy atom. The van der Waals surface area contributed by atoms with E-state index in [4.69, 9.17) is 15.2 Å². The summed E-state index contributed by atoms with van der Waals surface area (Å²) < 4.78 is 68.0. The van der Waals surface area contributed by atoms with Gasteiger partial charge in [-0.2, -0.15) is 23.5 Å². The summed E-state index contributed by atoms with van der Waals surface area (Å²) in [5.74, 6) is -1.46. The van der Waals surface area contributed by atoms with Gasteiger partial charge < -0.3 is 25.1 Å². The summed E-state index contributed by atoms with van der Waals surface area (Å²) in [6, 6.07) is 6.00. The highest BCUT2D eigenvalue weighted by Crippen LogP contribution is 2.38. The zero-order valence-electron chi connectivity index (χ0n) is 24.9. The van der Waals surface area contributed by atoms with Gasteiger partial charge in [0, 0.05) is 38.0 Å². The van der Waals surface area contributed by atoms with Crippen LogP contribution in [0.3, 0.4) is 0 Å². The number of rotatable bonds is 11. The first-order valence-corrected chi connectivity index (χ1v) is 17.4. The molecule has 0 aliphatic heterocycles. The Balaban J connectivity index is 1.77. The number of nitrogens with two attached hydrogens (primary N) is 1. The fraction of sp³-hybridized carbons (Fsp3) is 0.379. The molecule has 15 heteroatoms. The molecule has 234 valence electrons. The molecule has 0 saturated carbocycles. The van der Waals surface area contributed by atoms with Gasteiger partial charge in [-0.05, 0) is 37.2 Å². The second-order valence-electron chi connectivity index (χ2n) is 11.4. The summed E-state index contributed by atoms with van der Waals surface area (Å²) in [6.07, 6.45) is -1.56. The minimum Gasteiger partial charge on any atom is -0.496 e. The van der Waals surface area contributed by atoms with Crippen LogP contribution < -0.4 is 15.8 Å². The molecule has 3 heterocycles. The van der Waals surface area contributed by atoms with Crippen molar-refractivity contribution in [3.8, 4) is 23.1 Å². The van der Waals surface area contributed by atoms with E-state index in [2.05, 4.69) is 35.0 Å². The quantitative estimate of drug-likeness (QED) is 0.120. The van der Waals surface area contributed by atoms with Gasteiger partial charge >= 0.3 is 6.18 Å². The molecule has 4 aromatic rings. The second-order valence-corrected chi connectivity index (χ2v) is 17.0. The number of alkyl halides is 3. The minimum absolute atomic E-state index is 0.0103. The van der Waals surface area contributed by atoms with Crippen molar-refractivity contribution in [1.29, 1.82) is 5.26 Å². The molecule has 0 saturated heterocycles. The number of methoxy groups -OCH3 is 1. The average molecular weight is 632 g/mol. The molecule has 0 bridgehead atoms. The maximum atomic E-state index is 13.9. The van der Waals surface area contributed by atoms with Crippen molar-refractivity contribution in [3.05, 3.63) is 59.3 Å². The lowest BCUT2D eigenvalue weighted by Crippen LogP contribution is -2.25. The summed E-state index contributed by atoms with van der Waals surface area (Å²) >= 11 is 0. The van der Waals surface area contributed by atoms with Crippen molar-refractivity contribution in [3.63, 3.8) is 0 Å². The predicted octanol–water partition coefficient (Wildman–Crippen LogP) is 5.87. The van der Waals surface area contributed by atoms with Gasteiger partial charge in [-0.1, -0.05) is 19.6 Å². The van der Waals surface area contributed by atoms with Crippen molar-refractivity contribution in [1.82, 2.24) is 24.6 Å². The van der Waals surface area contributed by atoms with Gasteiger partial charge in [0.25, 0.3) is 5.91 Å². The van der Waals surface area contributed by atoms with E-state index in [9.17, 15) is 27.6 Å². The lowest BCUT2D eigenvalue weighted by Gasteiger charge is -2.17. The molecular weight excluding hydrogens is 598 g/mol. The number of hydrogen-bond donors (Lipinski definition) is 2. The van der Waals surface area contributed by atoms with Crippen molar-refractivity contribution >= 4 is 30.7 Å². The van der Waals surface area contributed by atoms with E-state index in [-0.39, 0.29) is 41.4 Å². The maximum Gasteiger partial charge on any atom is 0.410 e. The number of benzene rings is 1. The fourth-order valence-electron chi connectivity index (χ4n) is 4.55. The first-order chi connectivity index (χ1) is 20.7. The normalized spacial score (nSPS) is 12.7. The molecule has 0 aliphatic rings. The summed E-state index contributed by atoms with van der Waals surface area (Å²) in [7, 11) is -0.00411. The SMILES string of the molecule is COc1ccc(F)cc1C(=O)NCc1ncc(-c2nn(C(C)C(F)(F)F)c(N)c2C#N)c2ccn(COCC[Si](C)(C)C)c12. The Labute approximate surface area is 252 Å². The number of nitriles is 1. The molecule has 1 atom stereocenters. The Morgan fingerprint density at radius 3 is 2.61 bits per heavy atom. The third-order valence-electron chi connectivity index (χ3n) is 7.08. The highest BCUT2D eigenvalue weighted by Gasteiger charge is 2.40. The highest BCUT2D eigenvalue weighted by molar-refractivity contribution is 6.76. The molecule has 0 aliphatic carbocycles. The van der Waals surface area contributed by atoms with Crippen LogP contribution in [-0.4, -0.2) is 53.2 Å². The van der Waals surface area contributed by atoms with Crippen molar-refractivity contribution in [2.45, 2.75) is 58.1 Å². The van der Waals surface area contributed by atoms with E-state index in [1.165, 1.54) is 25.4 Å². The summed E-state index contributed by atoms with van der Waals surface area (Å²) in [5, 5.41) is 17.2. The second kappa shape index (κ2) is 12.7. The van der Waals surface area contributed by atoms with Crippen LogP contribution in [-0.2, 0) is 18.0 Å². The zero-order valence-corrected chi connectivity index (χ0v) is 25.9. The molecule has 3 N–H and O–H groups in total. The number of nitrogen functional groups attached to an aromatic ring is 1. The van der Waals surface area contributed by atoms with E-state index in [0.717, 1.165) is 19.0 Å². The molecule has 0 radical (unpaired) electrons. The monoisotopic (exact) mass is 631 g/mol. The minimum atomic E-state index is -4.65. The average Bonchev–Trinajstić information content (AvgIpc) is 3.53. The van der Waals surface area contributed by atoms with E-state index >= 15 is 0 Å². The van der Waals surface area contributed by atoms with Crippen LogP contribution in [0.2, 0.25) is 25.7 Å². The number of nitrogens with zero attached hydrogens (tertiary/aromatic N) is 5. The number of halogens is 4. The molecule has 4 rings (SSSR count). The van der Waals surface area contributed by atoms with Crippen LogP contribution in [0.1, 0.15) is 34.6 Å². The molecule has 0 spiro atoms. The fourth-order valence-corrected chi connectivity index (χ4v) is 5.31. The number of hydrogen-bond acceptors (Lipinski definition) is 7. The highest BCUT2D eigenvalue weighted by atomic mass is 28.3. The van der Waals surface area contributed by atoms with Gasteiger partial charge in [0.1, 0.15) is 47.5 Å². The van der Waals surface area contributed by atoms with Crippen molar-refractivity contribution < 1.29 is 31.8 Å². The summed E-state index contributed by atoms with van der Waals surface area (Å²) in [6.45, 7) is 8.12. The van der Waals surface area contributed by atoms with Crippen molar-refractivity contribution in [2.24, 2.45) is 0 Å². The van der Waals surface area contributed by atoms with Crippen molar-refractivity contribution in [2.75, 3.05) is 19.5 Å². The first kappa shape index (κ1) is 32.5. The number of carbonyl (C=O) groups is 1. The van der Waals surface area contributed by atoms with Gasteiger partial charge in [-0.3, -0.25) is 9.78 Å². The molecule has 1 aromatic carbocycles.